The van der Waals surface area contributed by atoms with Gasteiger partial charge in [-0.15, -0.1) is 0 Å². The van der Waals surface area contributed by atoms with E-state index >= 15 is 0 Å². The summed E-state index contributed by atoms with van der Waals surface area (Å²) in [5, 5.41) is 5.22. The van der Waals surface area contributed by atoms with Crippen molar-refractivity contribution in [1.29, 1.82) is 0 Å². The lowest BCUT2D eigenvalue weighted by Crippen LogP contribution is -2.42. The van der Waals surface area contributed by atoms with Gasteiger partial charge in [0.15, 0.2) is 11.5 Å². The van der Waals surface area contributed by atoms with Crippen LogP contribution >= 0.6 is 0 Å². The number of nitrogens with one attached hydrogen (secondary N) is 2. The zero-order valence-corrected chi connectivity index (χ0v) is 15.7. The second kappa shape index (κ2) is 6.69. The molecule has 1 aromatic heterocycles. The molecule has 1 saturated heterocycles. The number of hydrogen-bond acceptors (Lipinski definition) is 5. The number of anilines is 1. The average Bonchev–Trinajstić information content (AvgIpc) is 3.14. The molecule has 1 aliphatic heterocycles. The van der Waals surface area contributed by atoms with E-state index < -0.39 is 35.7 Å². The summed E-state index contributed by atoms with van der Waals surface area (Å²) in [7, 11) is 0. The number of halogens is 1. The molecule has 1 atom stereocenters. The quantitative estimate of drug-likeness (QED) is 0.660. The van der Waals surface area contributed by atoms with Crippen LogP contribution in [0.2, 0.25) is 0 Å². The minimum absolute atomic E-state index is 0.423. The van der Waals surface area contributed by atoms with Gasteiger partial charge in [0.05, 0.1) is 0 Å². The van der Waals surface area contributed by atoms with Crippen molar-refractivity contribution in [2.24, 2.45) is 0 Å². The van der Waals surface area contributed by atoms with Crippen molar-refractivity contribution < 1.29 is 23.2 Å². The van der Waals surface area contributed by atoms with Crippen LogP contribution in [0.1, 0.15) is 18.4 Å². The predicted octanol–water partition coefficient (Wildman–Crippen LogP) is 2.68. The maximum absolute atomic E-state index is 13.2. The molecule has 2 N–H and O–H groups in total. The summed E-state index contributed by atoms with van der Waals surface area (Å²) in [6.45, 7) is 2.77. The van der Waals surface area contributed by atoms with Gasteiger partial charge in [0.25, 0.3) is 5.91 Å². The van der Waals surface area contributed by atoms with Crippen molar-refractivity contribution >= 4 is 34.6 Å². The number of carbonyl (C=O) groups excluding carboxylic acids is 3. The number of imide groups is 1. The Morgan fingerprint density at radius 3 is 2.69 bits per heavy atom. The van der Waals surface area contributed by atoms with Crippen molar-refractivity contribution in [2.75, 3.05) is 11.9 Å². The normalized spacial score (nSPS) is 18.9. The predicted molar refractivity (Wildman–Crippen MR) is 101 cm³/mol. The number of aryl methyl sites for hydroxylation is 1. The molecule has 8 nitrogen and oxygen atoms in total. The van der Waals surface area contributed by atoms with Crippen LogP contribution < -0.4 is 10.6 Å². The van der Waals surface area contributed by atoms with Gasteiger partial charge in [0, 0.05) is 12.6 Å². The Kier molecular flexibility index (Phi) is 4.30. The molecule has 4 rings (SSSR count). The Labute approximate surface area is 164 Å². The Morgan fingerprint density at radius 2 is 1.97 bits per heavy atom. The number of oxazole rings is 1. The van der Waals surface area contributed by atoms with Crippen LogP contribution in [0.25, 0.3) is 11.1 Å². The topological polar surface area (TPSA) is 105 Å². The van der Waals surface area contributed by atoms with Crippen LogP contribution in [0.5, 0.6) is 0 Å². The lowest BCUT2D eigenvalue weighted by atomic mass is 9.92. The van der Waals surface area contributed by atoms with Crippen molar-refractivity contribution in [3.63, 3.8) is 0 Å². The molecule has 29 heavy (non-hydrogen) atoms. The smallest absolute Gasteiger partial charge is 0.325 e. The van der Waals surface area contributed by atoms with E-state index in [0.29, 0.717) is 28.2 Å². The summed E-state index contributed by atoms with van der Waals surface area (Å²) in [6, 6.07) is 9.51. The fraction of sp³-hybridized carbons (Fsp3) is 0.200. The highest BCUT2D eigenvalue weighted by Crippen LogP contribution is 2.29. The van der Waals surface area contributed by atoms with Gasteiger partial charge < -0.3 is 15.1 Å². The number of hydrogen-bond donors (Lipinski definition) is 2. The third-order valence-electron chi connectivity index (χ3n) is 4.78. The van der Waals surface area contributed by atoms with Crippen LogP contribution in [0.4, 0.5) is 14.9 Å². The SMILES string of the molecule is Cc1nc2cc(NC(=O)CN3C(=O)NC(C)(c4ccc(F)cc4)C3=O)ccc2o1. The summed E-state index contributed by atoms with van der Waals surface area (Å²) >= 11 is 0. The van der Waals surface area contributed by atoms with E-state index in [4.69, 9.17) is 4.42 Å². The van der Waals surface area contributed by atoms with Gasteiger partial charge >= 0.3 is 6.03 Å². The second-order valence-electron chi connectivity index (χ2n) is 6.92. The van der Waals surface area contributed by atoms with E-state index in [2.05, 4.69) is 15.6 Å². The molecule has 1 aliphatic rings. The fourth-order valence-electron chi connectivity index (χ4n) is 3.28. The number of aromatic nitrogens is 1. The molecule has 0 saturated carbocycles. The Morgan fingerprint density at radius 1 is 1.24 bits per heavy atom. The highest BCUT2D eigenvalue weighted by molar-refractivity contribution is 6.10. The standard InChI is InChI=1S/C20H17FN4O4/c1-11-22-15-9-14(7-8-16(15)29-11)23-17(26)10-25-18(27)20(2,24-19(25)28)12-3-5-13(21)6-4-12/h3-9H,10H2,1-2H3,(H,23,26)(H,24,28). The van der Waals surface area contributed by atoms with Crippen molar-refractivity contribution in [1.82, 2.24) is 15.2 Å². The molecule has 1 fully saturated rings. The number of rotatable bonds is 4. The van der Waals surface area contributed by atoms with E-state index in [1.54, 1.807) is 25.1 Å². The average molecular weight is 396 g/mol. The van der Waals surface area contributed by atoms with Gasteiger partial charge in [-0.1, -0.05) is 12.1 Å². The molecule has 9 heteroatoms. The van der Waals surface area contributed by atoms with Crippen LogP contribution in [0, 0.1) is 12.7 Å². The van der Waals surface area contributed by atoms with Crippen molar-refractivity contribution in [2.45, 2.75) is 19.4 Å². The van der Waals surface area contributed by atoms with Gasteiger partial charge in [-0.05, 0) is 42.8 Å². The first-order valence-corrected chi connectivity index (χ1v) is 8.83. The second-order valence-corrected chi connectivity index (χ2v) is 6.92. The monoisotopic (exact) mass is 396 g/mol. The highest BCUT2D eigenvalue weighted by Gasteiger charge is 2.49. The molecule has 0 spiro atoms. The summed E-state index contributed by atoms with van der Waals surface area (Å²) in [6.07, 6.45) is 0. The summed E-state index contributed by atoms with van der Waals surface area (Å²) < 4.78 is 18.6. The van der Waals surface area contributed by atoms with Gasteiger partial charge in [-0.2, -0.15) is 0 Å². The Hall–Kier alpha value is -3.75. The summed E-state index contributed by atoms with van der Waals surface area (Å²) in [5.74, 6) is -1.09. The molecular formula is C20H17FN4O4. The first kappa shape index (κ1) is 18.6. The molecule has 0 radical (unpaired) electrons. The van der Waals surface area contributed by atoms with Crippen LogP contribution in [0.3, 0.4) is 0 Å². The van der Waals surface area contributed by atoms with Crippen molar-refractivity contribution in [3.05, 3.63) is 59.7 Å². The lowest BCUT2D eigenvalue weighted by Gasteiger charge is -2.22. The first-order valence-electron chi connectivity index (χ1n) is 8.83. The minimum atomic E-state index is -1.37. The number of benzene rings is 2. The van der Waals surface area contributed by atoms with E-state index in [9.17, 15) is 18.8 Å². The molecule has 2 aromatic carbocycles. The van der Waals surface area contributed by atoms with Crippen LogP contribution in [-0.4, -0.2) is 34.3 Å². The molecule has 2 heterocycles. The molecule has 0 aliphatic carbocycles. The van der Waals surface area contributed by atoms with E-state index in [1.807, 2.05) is 0 Å². The first-order chi connectivity index (χ1) is 13.8. The van der Waals surface area contributed by atoms with Gasteiger partial charge in [0.2, 0.25) is 5.91 Å². The van der Waals surface area contributed by atoms with Crippen molar-refractivity contribution in [3.8, 4) is 0 Å². The van der Waals surface area contributed by atoms with Crippen LogP contribution in [0.15, 0.2) is 46.9 Å². The van der Waals surface area contributed by atoms with Crippen LogP contribution in [-0.2, 0) is 15.1 Å². The maximum atomic E-state index is 13.2. The van der Waals surface area contributed by atoms with E-state index in [0.717, 1.165) is 4.90 Å². The molecule has 3 aromatic rings. The number of urea groups is 1. The largest absolute Gasteiger partial charge is 0.441 e. The highest BCUT2D eigenvalue weighted by atomic mass is 19.1. The number of amides is 4. The zero-order chi connectivity index (χ0) is 20.8. The maximum Gasteiger partial charge on any atom is 0.325 e. The summed E-state index contributed by atoms with van der Waals surface area (Å²) in [4.78, 5) is 42.6. The molecular weight excluding hydrogens is 379 g/mol. The molecule has 148 valence electrons. The third-order valence-corrected chi connectivity index (χ3v) is 4.78. The Balaban J connectivity index is 1.49. The fourth-order valence-corrected chi connectivity index (χ4v) is 3.28. The number of fused-ring (bicyclic) bond motifs is 1. The third kappa shape index (κ3) is 3.31. The van der Waals surface area contributed by atoms with Gasteiger partial charge in [-0.3, -0.25) is 14.5 Å². The Bertz CT molecular complexity index is 1140. The van der Waals surface area contributed by atoms with E-state index in [1.165, 1.54) is 31.2 Å². The zero-order valence-electron chi connectivity index (χ0n) is 15.7. The molecule has 0 bridgehead atoms. The molecule has 1 unspecified atom stereocenters. The number of carbonyl (C=O) groups is 3. The van der Waals surface area contributed by atoms with Gasteiger partial charge in [0.1, 0.15) is 23.4 Å². The number of nitrogens with zero attached hydrogens (tertiary/aromatic N) is 2. The minimum Gasteiger partial charge on any atom is -0.441 e. The molecule has 4 amide bonds. The van der Waals surface area contributed by atoms with Gasteiger partial charge in [-0.25, -0.2) is 14.2 Å². The lowest BCUT2D eigenvalue weighted by molar-refractivity contribution is -0.133. The summed E-state index contributed by atoms with van der Waals surface area (Å²) in [5.41, 5.74) is 0.683. The van der Waals surface area contributed by atoms with E-state index in [-0.39, 0.29) is 0 Å².